The Labute approximate surface area is 148 Å². The van der Waals surface area contributed by atoms with Gasteiger partial charge in [-0.15, -0.1) is 0 Å². The summed E-state index contributed by atoms with van der Waals surface area (Å²) in [6.07, 6.45) is 1.56. The van der Waals surface area contributed by atoms with Crippen LogP contribution in [0.3, 0.4) is 0 Å². The summed E-state index contributed by atoms with van der Waals surface area (Å²) in [6, 6.07) is 8.39. The van der Waals surface area contributed by atoms with E-state index >= 15 is 0 Å². The van der Waals surface area contributed by atoms with E-state index in [1.54, 1.807) is 50.3 Å². The van der Waals surface area contributed by atoms with E-state index in [2.05, 4.69) is 9.99 Å². The average molecular weight is 360 g/mol. The van der Waals surface area contributed by atoms with Gasteiger partial charge in [0.25, 0.3) is 0 Å². The molecule has 0 saturated carbocycles. The molecular formula is C18H14ClNO5. The summed E-state index contributed by atoms with van der Waals surface area (Å²) in [6.45, 7) is 3.65. The minimum absolute atomic E-state index is 0.259. The van der Waals surface area contributed by atoms with Gasteiger partial charge < -0.3 is 14.0 Å². The van der Waals surface area contributed by atoms with Crippen LogP contribution in [-0.2, 0) is 14.4 Å². The number of benzene rings is 1. The summed E-state index contributed by atoms with van der Waals surface area (Å²) in [5.74, 6) is -0.0311. The molecule has 0 saturated heterocycles. The average Bonchev–Trinajstić information content (AvgIpc) is 3.18. The van der Waals surface area contributed by atoms with E-state index in [1.807, 2.05) is 0 Å². The number of hydrogen-bond donors (Lipinski definition) is 0. The lowest BCUT2D eigenvalue weighted by molar-refractivity contribution is -0.136. The first-order valence-corrected chi connectivity index (χ1v) is 7.92. The number of hydrogen-bond acceptors (Lipinski definition) is 6. The monoisotopic (exact) mass is 359 g/mol. The molecule has 0 spiro atoms. The molecular weight excluding hydrogens is 346 g/mol. The van der Waals surface area contributed by atoms with Crippen molar-refractivity contribution in [2.24, 2.45) is 5.16 Å². The van der Waals surface area contributed by atoms with Crippen molar-refractivity contribution < 1.29 is 23.6 Å². The molecule has 7 heteroatoms. The second kappa shape index (κ2) is 6.94. The fourth-order valence-corrected chi connectivity index (χ4v) is 2.49. The van der Waals surface area contributed by atoms with Crippen molar-refractivity contribution in [2.45, 2.75) is 13.8 Å². The van der Waals surface area contributed by atoms with E-state index in [9.17, 15) is 9.59 Å². The van der Waals surface area contributed by atoms with Crippen LogP contribution in [-0.4, -0.2) is 24.3 Å². The van der Waals surface area contributed by atoms with Crippen LogP contribution >= 0.6 is 11.6 Å². The fourth-order valence-electron chi connectivity index (χ4n) is 2.29. The summed E-state index contributed by atoms with van der Waals surface area (Å²) in [5, 5.41) is 3.91. The highest BCUT2D eigenvalue weighted by Crippen LogP contribution is 2.28. The van der Waals surface area contributed by atoms with Crippen molar-refractivity contribution in [1.82, 2.24) is 0 Å². The van der Waals surface area contributed by atoms with Gasteiger partial charge in [0, 0.05) is 5.56 Å². The molecule has 1 aromatic heterocycles. The molecule has 3 rings (SSSR count). The lowest BCUT2D eigenvalue weighted by Gasteiger charge is -2.05. The molecule has 0 amide bonds. The lowest BCUT2D eigenvalue weighted by Crippen LogP contribution is -2.05. The highest BCUT2D eigenvalue weighted by atomic mass is 35.5. The smallest absolute Gasteiger partial charge is 0.367 e. The third-order valence-corrected chi connectivity index (χ3v) is 3.86. The number of rotatable bonds is 4. The molecule has 0 unspecified atom stereocenters. The maximum atomic E-state index is 11.9. The molecule has 0 aliphatic carbocycles. The molecule has 0 atom stereocenters. The predicted octanol–water partition coefficient (Wildman–Crippen LogP) is 4.09. The Balaban J connectivity index is 1.91. The van der Waals surface area contributed by atoms with Crippen molar-refractivity contribution >= 4 is 35.3 Å². The fraction of sp³-hybridized carbons (Fsp3) is 0.167. The van der Waals surface area contributed by atoms with Crippen LogP contribution in [0.2, 0.25) is 5.02 Å². The molecule has 128 valence electrons. The van der Waals surface area contributed by atoms with Crippen molar-refractivity contribution in [3.05, 3.63) is 52.3 Å². The number of carbonyl (C=O) groups excluding carboxylic acids is 2. The van der Waals surface area contributed by atoms with E-state index in [4.69, 9.17) is 20.8 Å². The minimum atomic E-state index is -0.522. The van der Waals surface area contributed by atoms with E-state index in [1.165, 1.54) is 0 Å². The highest BCUT2D eigenvalue weighted by Gasteiger charge is 2.22. The van der Waals surface area contributed by atoms with Gasteiger partial charge in [0.2, 0.25) is 0 Å². The maximum absolute atomic E-state index is 11.9. The first-order chi connectivity index (χ1) is 12.0. The van der Waals surface area contributed by atoms with Crippen molar-refractivity contribution in [2.75, 3.05) is 6.61 Å². The number of ether oxygens (including phenoxy) is 1. The summed E-state index contributed by atoms with van der Waals surface area (Å²) in [5.41, 5.74) is 1.75. The molecule has 25 heavy (non-hydrogen) atoms. The van der Waals surface area contributed by atoms with Crippen LogP contribution in [0.25, 0.3) is 17.4 Å². The normalized spacial score (nSPS) is 15.2. The Morgan fingerprint density at radius 2 is 2.12 bits per heavy atom. The number of nitrogens with zero attached hydrogens (tertiary/aromatic N) is 1. The molecule has 1 aliphatic rings. The zero-order valence-electron chi connectivity index (χ0n) is 13.5. The second-order valence-electron chi connectivity index (χ2n) is 5.23. The van der Waals surface area contributed by atoms with Crippen LogP contribution in [0.4, 0.5) is 0 Å². The van der Waals surface area contributed by atoms with Gasteiger partial charge in [0.1, 0.15) is 11.5 Å². The van der Waals surface area contributed by atoms with Gasteiger partial charge >= 0.3 is 11.9 Å². The molecule has 0 radical (unpaired) electrons. The third-order valence-electron chi connectivity index (χ3n) is 3.53. The molecule has 0 N–H and O–H groups in total. The van der Waals surface area contributed by atoms with Crippen molar-refractivity contribution in [3.63, 3.8) is 0 Å². The van der Waals surface area contributed by atoms with E-state index in [-0.39, 0.29) is 12.2 Å². The molecule has 1 aliphatic heterocycles. The van der Waals surface area contributed by atoms with Gasteiger partial charge in [-0.1, -0.05) is 16.8 Å². The topological polar surface area (TPSA) is 78.1 Å². The second-order valence-corrected chi connectivity index (χ2v) is 5.64. The van der Waals surface area contributed by atoms with Gasteiger partial charge in [-0.05, 0) is 50.3 Å². The van der Waals surface area contributed by atoms with Gasteiger partial charge in [0.15, 0.2) is 0 Å². The first-order valence-electron chi connectivity index (χ1n) is 7.54. The van der Waals surface area contributed by atoms with Crippen LogP contribution in [0.1, 0.15) is 30.0 Å². The first kappa shape index (κ1) is 17.0. The third kappa shape index (κ3) is 3.49. The molecule has 6 nitrogen and oxygen atoms in total. The van der Waals surface area contributed by atoms with Gasteiger partial charge in [-0.2, -0.15) is 0 Å². The summed E-state index contributed by atoms with van der Waals surface area (Å²) in [4.78, 5) is 28.1. The zero-order valence-corrected chi connectivity index (χ0v) is 14.3. The summed E-state index contributed by atoms with van der Waals surface area (Å²) >= 11 is 6.06. The Hall–Kier alpha value is -2.86. The standard InChI is InChI=1S/C18H14ClNO5/c1-3-23-17(21)14-8-11(4-6-15(14)19)16-7-5-12(24-16)9-13-10(2)20-25-18(13)22/h4-9H,3H2,1-2H3. The van der Waals surface area contributed by atoms with E-state index in [0.29, 0.717) is 33.4 Å². The quantitative estimate of drug-likeness (QED) is 0.466. The van der Waals surface area contributed by atoms with Gasteiger partial charge in [0.05, 0.1) is 28.5 Å². The minimum Gasteiger partial charge on any atom is -0.462 e. The van der Waals surface area contributed by atoms with Crippen LogP contribution in [0.5, 0.6) is 0 Å². The summed E-state index contributed by atoms with van der Waals surface area (Å²) < 4.78 is 10.7. The lowest BCUT2D eigenvalue weighted by atomic mass is 10.1. The van der Waals surface area contributed by atoms with Gasteiger partial charge in [-0.25, -0.2) is 9.59 Å². The van der Waals surface area contributed by atoms with Crippen LogP contribution < -0.4 is 0 Å². The number of halogens is 1. The van der Waals surface area contributed by atoms with E-state index < -0.39 is 11.9 Å². The Morgan fingerprint density at radius 1 is 1.32 bits per heavy atom. The Bertz CT molecular complexity index is 910. The highest BCUT2D eigenvalue weighted by molar-refractivity contribution is 6.33. The molecule has 1 aromatic carbocycles. The predicted molar refractivity (Wildman–Crippen MR) is 92.3 cm³/mol. The largest absolute Gasteiger partial charge is 0.462 e. The van der Waals surface area contributed by atoms with E-state index in [0.717, 1.165) is 0 Å². The Morgan fingerprint density at radius 3 is 2.80 bits per heavy atom. The SMILES string of the molecule is CCOC(=O)c1cc(-c2ccc(C=C3C(=O)ON=C3C)o2)ccc1Cl. The maximum Gasteiger partial charge on any atom is 0.367 e. The molecule has 2 aromatic rings. The molecule has 2 heterocycles. The number of furan rings is 1. The number of carbonyl (C=O) groups is 2. The zero-order chi connectivity index (χ0) is 18.0. The molecule has 0 fully saturated rings. The number of oxime groups is 1. The summed E-state index contributed by atoms with van der Waals surface area (Å²) in [7, 11) is 0. The van der Waals surface area contributed by atoms with Crippen molar-refractivity contribution in [1.29, 1.82) is 0 Å². The van der Waals surface area contributed by atoms with Gasteiger partial charge in [-0.3, -0.25) is 0 Å². The number of esters is 1. The van der Waals surface area contributed by atoms with Crippen LogP contribution in [0, 0.1) is 0 Å². The molecule has 0 bridgehead atoms. The van der Waals surface area contributed by atoms with Crippen LogP contribution in [0.15, 0.2) is 45.5 Å². The van der Waals surface area contributed by atoms with Crippen molar-refractivity contribution in [3.8, 4) is 11.3 Å². The Kier molecular flexibility index (Phi) is 4.72.